The second kappa shape index (κ2) is 8.35. The molecular formula is C19H18FN3O3. The molecule has 3 aromatic rings. The Labute approximate surface area is 150 Å². The van der Waals surface area contributed by atoms with Crippen LogP contribution in [0.2, 0.25) is 0 Å². The second-order valence-corrected chi connectivity index (χ2v) is 5.66. The number of ether oxygens (including phenoxy) is 1. The molecule has 2 aromatic carbocycles. The Hall–Kier alpha value is -3.06. The molecule has 0 unspecified atom stereocenters. The van der Waals surface area contributed by atoms with E-state index in [-0.39, 0.29) is 17.6 Å². The highest BCUT2D eigenvalue weighted by atomic mass is 19.1. The zero-order valence-corrected chi connectivity index (χ0v) is 14.2. The predicted molar refractivity (Wildman–Crippen MR) is 94.9 cm³/mol. The smallest absolute Gasteiger partial charge is 0.258 e. The summed E-state index contributed by atoms with van der Waals surface area (Å²) in [6.45, 7) is 0.541. The van der Waals surface area contributed by atoms with Crippen molar-refractivity contribution in [1.82, 2.24) is 10.1 Å². The Balaban J connectivity index is 1.73. The maximum absolute atomic E-state index is 13.3. The highest BCUT2D eigenvalue weighted by Gasteiger charge is 2.12. The molecule has 0 fully saturated rings. The number of halogens is 1. The number of hydrogen-bond donors (Lipinski definition) is 1. The first-order chi connectivity index (χ1) is 12.7. The number of anilines is 1. The summed E-state index contributed by atoms with van der Waals surface area (Å²) >= 11 is 0. The third-order valence-corrected chi connectivity index (χ3v) is 3.65. The number of methoxy groups -OCH3 is 1. The van der Waals surface area contributed by atoms with Crippen LogP contribution >= 0.6 is 0 Å². The fraction of sp³-hybridized carbons (Fsp3) is 0.211. The summed E-state index contributed by atoms with van der Waals surface area (Å²) in [4.78, 5) is 16.2. The van der Waals surface area contributed by atoms with Crippen molar-refractivity contribution in [2.24, 2.45) is 0 Å². The fourth-order valence-corrected chi connectivity index (χ4v) is 2.42. The van der Waals surface area contributed by atoms with Crippen molar-refractivity contribution in [3.05, 3.63) is 54.3 Å². The summed E-state index contributed by atoms with van der Waals surface area (Å²) in [5.41, 5.74) is 1.83. The summed E-state index contributed by atoms with van der Waals surface area (Å²) in [6, 6.07) is 13.1. The molecular weight excluding hydrogens is 337 g/mol. The van der Waals surface area contributed by atoms with Crippen LogP contribution in [0.15, 0.2) is 53.1 Å². The zero-order valence-electron chi connectivity index (χ0n) is 14.2. The molecule has 1 amide bonds. The average Bonchev–Trinajstić information content (AvgIpc) is 3.12. The Kier molecular flexibility index (Phi) is 5.70. The van der Waals surface area contributed by atoms with E-state index in [0.717, 1.165) is 0 Å². The van der Waals surface area contributed by atoms with Gasteiger partial charge in [0, 0.05) is 37.0 Å². The van der Waals surface area contributed by atoms with Crippen LogP contribution < -0.4 is 5.32 Å². The monoisotopic (exact) mass is 355 g/mol. The Morgan fingerprint density at radius 3 is 2.81 bits per heavy atom. The van der Waals surface area contributed by atoms with Gasteiger partial charge < -0.3 is 14.6 Å². The van der Waals surface area contributed by atoms with Gasteiger partial charge in [-0.3, -0.25) is 4.79 Å². The number of nitrogens with one attached hydrogen (secondary N) is 1. The molecule has 134 valence electrons. The maximum atomic E-state index is 13.3. The van der Waals surface area contributed by atoms with E-state index in [4.69, 9.17) is 9.26 Å². The number of amides is 1. The molecule has 0 saturated carbocycles. The van der Waals surface area contributed by atoms with Gasteiger partial charge in [-0.1, -0.05) is 23.4 Å². The van der Waals surface area contributed by atoms with E-state index in [0.29, 0.717) is 42.1 Å². The van der Waals surface area contributed by atoms with E-state index < -0.39 is 0 Å². The molecule has 0 bridgehead atoms. The predicted octanol–water partition coefficient (Wildman–Crippen LogP) is 3.91. The van der Waals surface area contributed by atoms with Crippen LogP contribution in [-0.2, 0) is 9.53 Å². The van der Waals surface area contributed by atoms with Gasteiger partial charge in [-0.05, 0) is 36.8 Å². The molecule has 26 heavy (non-hydrogen) atoms. The first-order valence-corrected chi connectivity index (χ1v) is 8.14. The third kappa shape index (κ3) is 4.52. The van der Waals surface area contributed by atoms with Crippen molar-refractivity contribution in [2.45, 2.75) is 12.8 Å². The number of nitrogens with zero attached hydrogens (tertiary/aromatic N) is 2. The Bertz CT molecular complexity index is 895. The van der Waals surface area contributed by atoms with Crippen LogP contribution in [-0.4, -0.2) is 29.8 Å². The third-order valence-electron chi connectivity index (χ3n) is 3.65. The topological polar surface area (TPSA) is 77.2 Å². The largest absolute Gasteiger partial charge is 0.385 e. The van der Waals surface area contributed by atoms with Crippen molar-refractivity contribution in [3.8, 4) is 22.8 Å². The fourth-order valence-electron chi connectivity index (χ4n) is 2.42. The zero-order chi connectivity index (χ0) is 18.4. The van der Waals surface area contributed by atoms with E-state index in [9.17, 15) is 9.18 Å². The van der Waals surface area contributed by atoms with E-state index in [1.54, 1.807) is 43.5 Å². The first kappa shape index (κ1) is 17.8. The molecule has 3 rings (SSSR count). The molecule has 0 atom stereocenters. The summed E-state index contributed by atoms with van der Waals surface area (Å²) in [6.07, 6.45) is 1.04. The minimum atomic E-state index is -0.375. The number of benzene rings is 2. The van der Waals surface area contributed by atoms with Gasteiger partial charge >= 0.3 is 0 Å². The van der Waals surface area contributed by atoms with Crippen molar-refractivity contribution >= 4 is 11.6 Å². The van der Waals surface area contributed by atoms with E-state index in [1.165, 1.54) is 12.1 Å². The number of carbonyl (C=O) groups is 1. The average molecular weight is 355 g/mol. The number of rotatable bonds is 7. The number of hydrogen-bond acceptors (Lipinski definition) is 5. The van der Waals surface area contributed by atoms with Crippen molar-refractivity contribution in [3.63, 3.8) is 0 Å². The van der Waals surface area contributed by atoms with Crippen molar-refractivity contribution in [2.75, 3.05) is 19.0 Å². The van der Waals surface area contributed by atoms with E-state index >= 15 is 0 Å². The second-order valence-electron chi connectivity index (χ2n) is 5.66. The summed E-state index contributed by atoms with van der Waals surface area (Å²) in [7, 11) is 1.60. The van der Waals surface area contributed by atoms with Gasteiger partial charge in [-0.15, -0.1) is 0 Å². The Morgan fingerprint density at radius 2 is 2.00 bits per heavy atom. The lowest BCUT2D eigenvalue weighted by Crippen LogP contribution is -2.12. The van der Waals surface area contributed by atoms with Crippen LogP contribution in [0.3, 0.4) is 0 Å². The van der Waals surface area contributed by atoms with Gasteiger partial charge in [0.2, 0.25) is 11.7 Å². The van der Waals surface area contributed by atoms with Gasteiger partial charge in [0.25, 0.3) is 5.89 Å². The molecule has 1 N–H and O–H groups in total. The molecule has 0 saturated heterocycles. The van der Waals surface area contributed by atoms with Gasteiger partial charge in [0.05, 0.1) is 0 Å². The lowest BCUT2D eigenvalue weighted by atomic mass is 10.2. The van der Waals surface area contributed by atoms with E-state index in [1.807, 2.05) is 0 Å². The summed E-state index contributed by atoms with van der Waals surface area (Å²) in [5, 5.41) is 6.76. The molecule has 0 aliphatic rings. The lowest BCUT2D eigenvalue weighted by molar-refractivity contribution is -0.116. The minimum Gasteiger partial charge on any atom is -0.385 e. The van der Waals surface area contributed by atoms with Crippen LogP contribution in [0.1, 0.15) is 12.8 Å². The van der Waals surface area contributed by atoms with Gasteiger partial charge in [0.15, 0.2) is 0 Å². The van der Waals surface area contributed by atoms with Gasteiger partial charge in [-0.2, -0.15) is 4.98 Å². The number of aromatic nitrogens is 2. The molecule has 0 spiro atoms. The van der Waals surface area contributed by atoms with Gasteiger partial charge in [0.1, 0.15) is 5.82 Å². The number of carbonyl (C=O) groups excluding carboxylic acids is 1. The van der Waals surface area contributed by atoms with Crippen LogP contribution in [0.5, 0.6) is 0 Å². The maximum Gasteiger partial charge on any atom is 0.258 e. The summed E-state index contributed by atoms with van der Waals surface area (Å²) in [5.74, 6) is 0.126. The minimum absolute atomic E-state index is 0.0900. The highest BCUT2D eigenvalue weighted by Crippen LogP contribution is 2.24. The first-order valence-electron chi connectivity index (χ1n) is 8.14. The molecule has 0 aliphatic heterocycles. The normalized spacial score (nSPS) is 10.7. The van der Waals surface area contributed by atoms with Crippen LogP contribution in [0.25, 0.3) is 22.8 Å². The van der Waals surface area contributed by atoms with Crippen LogP contribution in [0.4, 0.5) is 10.1 Å². The SMILES string of the molecule is COCCCC(=O)Nc1cccc(-c2noc(-c3cccc(F)c3)n2)c1. The van der Waals surface area contributed by atoms with Gasteiger partial charge in [-0.25, -0.2) is 4.39 Å². The molecule has 1 heterocycles. The quantitative estimate of drug-likeness (QED) is 0.650. The van der Waals surface area contributed by atoms with Crippen molar-refractivity contribution < 1.29 is 18.4 Å². The van der Waals surface area contributed by atoms with Crippen molar-refractivity contribution in [1.29, 1.82) is 0 Å². The molecule has 7 heteroatoms. The lowest BCUT2D eigenvalue weighted by Gasteiger charge is -2.06. The summed E-state index contributed by atoms with van der Waals surface area (Å²) < 4.78 is 23.5. The molecule has 6 nitrogen and oxygen atoms in total. The highest BCUT2D eigenvalue weighted by molar-refractivity contribution is 5.91. The van der Waals surface area contributed by atoms with Crippen LogP contribution in [0, 0.1) is 5.82 Å². The van der Waals surface area contributed by atoms with E-state index in [2.05, 4.69) is 15.5 Å². The molecule has 0 aliphatic carbocycles. The molecule has 0 radical (unpaired) electrons. The standard InChI is InChI=1S/C19H18FN3O3/c1-25-10-4-9-17(24)21-16-8-3-5-13(12-16)18-22-19(26-23-18)14-6-2-7-15(20)11-14/h2-3,5-8,11-12H,4,9-10H2,1H3,(H,21,24). The Morgan fingerprint density at radius 1 is 1.19 bits per heavy atom. The molecule has 1 aromatic heterocycles.